The van der Waals surface area contributed by atoms with Crippen molar-refractivity contribution in [1.29, 1.82) is 0 Å². The average Bonchev–Trinajstić information content (AvgIpc) is 2.94. The number of carbonyl (C=O) groups excluding carboxylic acids is 1. The van der Waals surface area contributed by atoms with E-state index in [9.17, 15) is 13.2 Å². The molecule has 0 aromatic heterocycles. The molecule has 0 radical (unpaired) electrons. The van der Waals surface area contributed by atoms with Gasteiger partial charge >= 0.3 is 0 Å². The van der Waals surface area contributed by atoms with Crippen molar-refractivity contribution in [3.05, 3.63) is 53.6 Å². The SMILES string of the molecule is CC(=O)c1ccccc1NS(=O)(=O)c1ccc2c(c1)CCO2. The van der Waals surface area contributed by atoms with Crippen LogP contribution in [0.1, 0.15) is 22.8 Å². The van der Waals surface area contributed by atoms with E-state index in [4.69, 9.17) is 4.74 Å². The number of ketones is 1. The van der Waals surface area contributed by atoms with Gasteiger partial charge in [-0.3, -0.25) is 9.52 Å². The maximum absolute atomic E-state index is 12.5. The third-order valence-corrected chi connectivity index (χ3v) is 4.89. The van der Waals surface area contributed by atoms with Crippen molar-refractivity contribution in [1.82, 2.24) is 0 Å². The van der Waals surface area contributed by atoms with Gasteiger partial charge in [0.2, 0.25) is 0 Å². The van der Waals surface area contributed by atoms with Gasteiger partial charge in [0.05, 0.1) is 17.2 Å². The lowest BCUT2D eigenvalue weighted by molar-refractivity contribution is 0.101. The summed E-state index contributed by atoms with van der Waals surface area (Å²) in [7, 11) is -3.75. The highest BCUT2D eigenvalue weighted by molar-refractivity contribution is 7.92. The van der Waals surface area contributed by atoms with Gasteiger partial charge in [-0.2, -0.15) is 0 Å². The second-order valence-corrected chi connectivity index (χ2v) is 6.76. The third kappa shape index (κ3) is 2.69. The number of nitrogens with one attached hydrogen (secondary N) is 1. The van der Waals surface area contributed by atoms with Gasteiger partial charge in [-0.1, -0.05) is 12.1 Å². The lowest BCUT2D eigenvalue weighted by Gasteiger charge is -2.11. The van der Waals surface area contributed by atoms with E-state index in [1.807, 2.05) is 0 Å². The molecule has 1 aliphatic rings. The fraction of sp³-hybridized carbons (Fsp3) is 0.188. The van der Waals surface area contributed by atoms with E-state index in [-0.39, 0.29) is 16.4 Å². The number of hydrogen-bond acceptors (Lipinski definition) is 4. The van der Waals surface area contributed by atoms with Crippen molar-refractivity contribution in [2.75, 3.05) is 11.3 Å². The second kappa shape index (κ2) is 5.46. The van der Waals surface area contributed by atoms with Crippen molar-refractivity contribution in [2.24, 2.45) is 0 Å². The Morgan fingerprint density at radius 1 is 1.18 bits per heavy atom. The highest BCUT2D eigenvalue weighted by atomic mass is 32.2. The van der Waals surface area contributed by atoms with E-state index in [0.29, 0.717) is 18.6 Å². The number of carbonyl (C=O) groups is 1. The van der Waals surface area contributed by atoms with Crippen LogP contribution in [0.4, 0.5) is 5.69 Å². The van der Waals surface area contributed by atoms with Gasteiger partial charge in [0, 0.05) is 12.0 Å². The van der Waals surface area contributed by atoms with Crippen LogP contribution in [0.15, 0.2) is 47.4 Å². The van der Waals surface area contributed by atoms with Crippen LogP contribution in [-0.2, 0) is 16.4 Å². The molecule has 1 aliphatic heterocycles. The molecule has 1 heterocycles. The van der Waals surface area contributed by atoms with Crippen molar-refractivity contribution in [3.8, 4) is 5.75 Å². The molecule has 0 amide bonds. The van der Waals surface area contributed by atoms with Crippen molar-refractivity contribution >= 4 is 21.5 Å². The first-order valence-corrected chi connectivity index (χ1v) is 8.34. The smallest absolute Gasteiger partial charge is 0.261 e. The number of sulfonamides is 1. The molecule has 0 unspecified atom stereocenters. The van der Waals surface area contributed by atoms with Crippen LogP contribution in [0, 0.1) is 0 Å². The number of ether oxygens (including phenoxy) is 1. The Balaban J connectivity index is 1.96. The summed E-state index contributed by atoms with van der Waals surface area (Å²) in [5.74, 6) is 0.531. The van der Waals surface area contributed by atoms with Gasteiger partial charge < -0.3 is 4.74 Å². The minimum atomic E-state index is -3.75. The molecule has 0 aliphatic carbocycles. The van der Waals surface area contributed by atoms with E-state index < -0.39 is 10.0 Å². The van der Waals surface area contributed by atoms with Crippen LogP contribution in [0.2, 0.25) is 0 Å². The van der Waals surface area contributed by atoms with Crippen LogP contribution in [0.3, 0.4) is 0 Å². The molecule has 3 rings (SSSR count). The van der Waals surface area contributed by atoms with Crippen molar-refractivity contribution < 1.29 is 17.9 Å². The van der Waals surface area contributed by atoms with E-state index in [0.717, 1.165) is 11.3 Å². The number of anilines is 1. The zero-order valence-electron chi connectivity index (χ0n) is 12.0. The maximum atomic E-state index is 12.5. The summed E-state index contributed by atoms with van der Waals surface area (Å²) in [4.78, 5) is 11.8. The Bertz CT molecular complexity index is 843. The largest absolute Gasteiger partial charge is 0.493 e. The van der Waals surface area contributed by atoms with Gasteiger partial charge in [-0.15, -0.1) is 0 Å². The number of benzene rings is 2. The molecule has 6 heteroatoms. The monoisotopic (exact) mass is 317 g/mol. The van der Waals surface area contributed by atoms with Crippen LogP contribution in [0.25, 0.3) is 0 Å². The topological polar surface area (TPSA) is 72.5 Å². The van der Waals surface area contributed by atoms with Crippen LogP contribution >= 0.6 is 0 Å². The first-order chi connectivity index (χ1) is 10.5. The standard InChI is InChI=1S/C16H15NO4S/c1-11(18)14-4-2-3-5-15(14)17-22(19,20)13-6-7-16-12(10-13)8-9-21-16/h2-7,10,17H,8-9H2,1H3. The lowest BCUT2D eigenvalue weighted by Crippen LogP contribution is -2.15. The maximum Gasteiger partial charge on any atom is 0.261 e. The molecule has 2 aromatic carbocycles. The fourth-order valence-corrected chi connectivity index (χ4v) is 3.54. The van der Waals surface area contributed by atoms with E-state index in [1.54, 1.807) is 36.4 Å². The summed E-state index contributed by atoms with van der Waals surface area (Å²) in [6, 6.07) is 11.3. The molecule has 0 saturated carbocycles. The number of Topliss-reactive ketones (excluding diaryl/α,β-unsaturated/α-hetero) is 1. The quantitative estimate of drug-likeness (QED) is 0.880. The molecule has 0 fully saturated rings. The molecular formula is C16H15NO4S. The minimum Gasteiger partial charge on any atom is -0.493 e. The predicted molar refractivity (Wildman–Crippen MR) is 82.9 cm³/mol. The molecule has 0 saturated heterocycles. The van der Waals surface area contributed by atoms with Crippen molar-refractivity contribution in [3.63, 3.8) is 0 Å². The number of fused-ring (bicyclic) bond motifs is 1. The Labute approximate surface area is 129 Å². The number of rotatable bonds is 4. The Morgan fingerprint density at radius 3 is 2.73 bits per heavy atom. The fourth-order valence-electron chi connectivity index (χ4n) is 2.41. The molecule has 2 aromatic rings. The molecule has 1 N–H and O–H groups in total. The van der Waals surface area contributed by atoms with E-state index in [1.165, 1.54) is 13.0 Å². The predicted octanol–water partition coefficient (Wildman–Crippen LogP) is 2.62. The molecule has 5 nitrogen and oxygen atoms in total. The first-order valence-electron chi connectivity index (χ1n) is 6.86. The summed E-state index contributed by atoms with van der Waals surface area (Å²) in [5.41, 5.74) is 1.50. The highest BCUT2D eigenvalue weighted by Crippen LogP contribution is 2.28. The molecule has 22 heavy (non-hydrogen) atoms. The van der Waals surface area contributed by atoms with Crippen molar-refractivity contribution in [2.45, 2.75) is 18.2 Å². The van der Waals surface area contributed by atoms with Gasteiger partial charge in [0.15, 0.2) is 5.78 Å². The zero-order chi connectivity index (χ0) is 15.7. The zero-order valence-corrected chi connectivity index (χ0v) is 12.8. The minimum absolute atomic E-state index is 0.162. The molecule has 0 atom stereocenters. The average molecular weight is 317 g/mol. The molecule has 0 bridgehead atoms. The van der Waals surface area contributed by atoms with Gasteiger partial charge in [0.25, 0.3) is 10.0 Å². The normalized spacial score (nSPS) is 13.3. The van der Waals surface area contributed by atoms with Crippen LogP contribution in [-0.4, -0.2) is 20.8 Å². The van der Waals surface area contributed by atoms with E-state index in [2.05, 4.69) is 4.72 Å². The summed E-state index contributed by atoms with van der Waals surface area (Å²) in [6.45, 7) is 1.97. The Hall–Kier alpha value is -2.34. The Morgan fingerprint density at radius 2 is 1.95 bits per heavy atom. The summed E-state index contributed by atoms with van der Waals surface area (Å²) < 4.78 is 32.9. The van der Waals surface area contributed by atoms with Gasteiger partial charge in [0.1, 0.15) is 5.75 Å². The lowest BCUT2D eigenvalue weighted by atomic mass is 10.1. The first kappa shape index (κ1) is 14.6. The number of hydrogen-bond donors (Lipinski definition) is 1. The molecule has 0 spiro atoms. The van der Waals surface area contributed by atoms with Crippen LogP contribution < -0.4 is 9.46 Å². The summed E-state index contributed by atoms with van der Waals surface area (Å²) >= 11 is 0. The second-order valence-electron chi connectivity index (χ2n) is 5.08. The van der Waals surface area contributed by atoms with Gasteiger partial charge in [-0.25, -0.2) is 8.42 Å². The molecular weight excluding hydrogens is 302 g/mol. The summed E-state index contributed by atoms with van der Waals surface area (Å²) in [6.07, 6.45) is 0.697. The third-order valence-electron chi connectivity index (χ3n) is 3.52. The van der Waals surface area contributed by atoms with E-state index >= 15 is 0 Å². The Kier molecular flexibility index (Phi) is 3.62. The molecule has 114 valence electrons. The van der Waals surface area contributed by atoms with Crippen LogP contribution in [0.5, 0.6) is 5.75 Å². The highest BCUT2D eigenvalue weighted by Gasteiger charge is 2.20. The van der Waals surface area contributed by atoms with Gasteiger partial charge in [-0.05, 0) is 42.8 Å². The number of para-hydroxylation sites is 1. The summed E-state index contributed by atoms with van der Waals surface area (Å²) in [5, 5.41) is 0.